The number of para-hydroxylation sites is 2. The first-order valence-electron chi connectivity index (χ1n) is 13.7. The quantitative estimate of drug-likeness (QED) is 0.361. The summed E-state index contributed by atoms with van der Waals surface area (Å²) in [7, 11) is 0. The highest BCUT2D eigenvalue weighted by molar-refractivity contribution is 6.10. The Labute approximate surface area is 154 Å². The molecule has 1 aromatic heterocycles. The number of aromatic nitrogens is 1. The molecule has 0 N–H and O–H groups in total. The van der Waals surface area contributed by atoms with Crippen molar-refractivity contribution in [2.45, 2.75) is 0 Å². The van der Waals surface area contributed by atoms with Gasteiger partial charge in [-0.15, -0.1) is 0 Å². The van der Waals surface area contributed by atoms with Gasteiger partial charge in [0.15, 0.2) is 0 Å². The van der Waals surface area contributed by atoms with Crippen LogP contribution in [0.3, 0.4) is 0 Å². The molecule has 1 heteroatoms. The van der Waals surface area contributed by atoms with Gasteiger partial charge < -0.3 is 4.57 Å². The summed E-state index contributed by atoms with van der Waals surface area (Å²) in [6, 6.07) is -7.27. The Hall–Kier alpha value is -3.06. The highest BCUT2D eigenvalue weighted by atomic mass is 15.0. The zero-order valence-electron chi connectivity index (χ0n) is 25.5. The molecule has 0 spiro atoms. The molecule has 4 aromatic carbocycles. The zero-order valence-corrected chi connectivity index (χ0v) is 11.5. The Balaban J connectivity index is 2.27. The Bertz CT molecular complexity index is 1860. The van der Waals surface area contributed by atoms with Crippen molar-refractivity contribution in [3.63, 3.8) is 0 Å². The van der Waals surface area contributed by atoms with Gasteiger partial charge in [-0.2, -0.15) is 0 Å². The number of hydrogen-bond acceptors (Lipinski definition) is 0. The van der Waals surface area contributed by atoms with Crippen molar-refractivity contribution in [3.05, 3.63) is 90.7 Å². The van der Waals surface area contributed by atoms with Gasteiger partial charge in [0.05, 0.1) is 35.9 Å². The second-order valence-corrected chi connectivity index (χ2v) is 4.81. The van der Waals surface area contributed by atoms with E-state index < -0.39 is 84.2 Å². The molecule has 0 saturated carbocycles. The lowest BCUT2D eigenvalue weighted by Gasteiger charge is -2.11. The normalized spacial score (nSPS) is 20.0. The summed E-state index contributed by atoms with van der Waals surface area (Å²) in [4.78, 5) is 0. The first-order chi connectivity index (χ1) is 17.2. The van der Waals surface area contributed by atoms with Gasteiger partial charge in [-0.1, -0.05) is 72.5 Å². The fourth-order valence-corrected chi connectivity index (χ4v) is 2.66. The van der Waals surface area contributed by atoms with Crippen LogP contribution in [0.25, 0.3) is 38.3 Å². The molecule has 0 fully saturated rings. The Morgan fingerprint density at radius 3 is 2.13 bits per heavy atom. The fraction of sp³-hybridized carbons (Fsp3) is 0. The van der Waals surface area contributed by atoms with Gasteiger partial charge >= 0.3 is 0 Å². The van der Waals surface area contributed by atoms with Gasteiger partial charge in [0.1, 0.15) is 0 Å². The topological polar surface area (TPSA) is 4.93 Å². The summed E-state index contributed by atoms with van der Waals surface area (Å²) in [5, 5.41) is -1.02. The lowest BCUT2D eigenvalue weighted by molar-refractivity contribution is 1.20. The maximum Gasteiger partial charge on any atom is 0.0645 e. The molecule has 0 saturated heterocycles. The van der Waals surface area contributed by atoms with E-state index in [1.165, 1.54) is 0 Å². The van der Waals surface area contributed by atoms with Crippen LogP contribution >= 0.6 is 0 Å². The summed E-state index contributed by atoms with van der Waals surface area (Å²) in [5.41, 5.74) is -0.946. The Morgan fingerprint density at radius 1 is 0.565 bits per heavy atom. The summed E-state index contributed by atoms with van der Waals surface area (Å²) >= 11 is 0. The molecule has 0 bridgehead atoms. The fourth-order valence-electron chi connectivity index (χ4n) is 2.66. The minimum atomic E-state index is -0.706. The summed E-state index contributed by atoms with van der Waals surface area (Å²) in [6.07, 6.45) is 0. The van der Waals surface area contributed by atoms with Gasteiger partial charge in [0, 0.05) is 16.2 Å². The van der Waals surface area contributed by atoms with E-state index in [0.717, 1.165) is 10.6 Å². The monoisotopic (exact) mass is 307 g/mol. The predicted molar refractivity (Wildman–Crippen MR) is 98.3 cm³/mol. The zero-order chi connectivity index (χ0) is 27.4. The van der Waals surface area contributed by atoms with E-state index in [4.69, 9.17) is 19.2 Å². The molecule has 0 unspecified atom stereocenters. The van der Waals surface area contributed by atoms with Crippen LogP contribution in [0.2, 0.25) is 0 Å². The van der Waals surface area contributed by atoms with E-state index in [2.05, 4.69) is 0 Å². The van der Waals surface area contributed by atoms with Gasteiger partial charge in [-0.3, -0.25) is 0 Å². The molecular weight excluding hydrogens is 278 g/mol. The lowest BCUT2D eigenvalue weighted by Crippen LogP contribution is -1.94. The largest absolute Gasteiger partial charge is 0.309 e. The van der Waals surface area contributed by atoms with Crippen molar-refractivity contribution in [2.24, 2.45) is 0 Å². The van der Waals surface area contributed by atoms with Gasteiger partial charge in [-0.05, 0) is 23.5 Å². The molecule has 108 valence electrons. The standard InChI is InChI=1S/C22H15N/c1-2-10-17-16(8-1)9-7-15-20(17)23-21-13-5-3-11-18(21)19-12-4-6-14-22(19)23/h1-15H/i1D,2D,3D,5D,6D,7D,8D,9D,10D,11D,12D,13D,14D,15D. The van der Waals surface area contributed by atoms with Crippen molar-refractivity contribution < 1.29 is 19.2 Å². The molecule has 0 aliphatic rings. The molecule has 23 heavy (non-hydrogen) atoms. The summed E-state index contributed by atoms with van der Waals surface area (Å²) < 4.78 is 118. The van der Waals surface area contributed by atoms with Crippen LogP contribution in [0, 0.1) is 0 Å². The molecule has 1 nitrogen and oxygen atoms in total. The van der Waals surface area contributed by atoms with E-state index in [1.54, 1.807) is 0 Å². The third kappa shape index (κ3) is 1.74. The molecular formula is C22H15N. The Morgan fingerprint density at radius 2 is 1.22 bits per heavy atom. The first kappa shape index (κ1) is 4.97. The predicted octanol–water partition coefficient (Wildman–Crippen LogP) is 5.94. The highest BCUT2D eigenvalue weighted by Gasteiger charge is 2.12. The van der Waals surface area contributed by atoms with E-state index in [9.17, 15) is 0 Å². The SMILES string of the molecule is [2H]c1cc([2H])c2c3c([2H])c([2H])c([2H])c([2H])c3n(-c3c([2H])c([2H])c([2H])c4c([2H])c([2H])c([2H])c([2H])c34)c2c1[2H]. The molecule has 5 aromatic rings. The van der Waals surface area contributed by atoms with Crippen molar-refractivity contribution >= 4 is 32.6 Å². The van der Waals surface area contributed by atoms with Crippen molar-refractivity contribution in [1.82, 2.24) is 4.57 Å². The van der Waals surface area contributed by atoms with E-state index in [-0.39, 0.29) is 38.6 Å². The molecule has 0 radical (unpaired) electrons. The first-order valence-corrected chi connectivity index (χ1v) is 6.75. The highest BCUT2D eigenvalue weighted by Crippen LogP contribution is 2.34. The smallest absolute Gasteiger partial charge is 0.0645 e. The minimum Gasteiger partial charge on any atom is -0.309 e. The van der Waals surface area contributed by atoms with Crippen molar-refractivity contribution in [3.8, 4) is 5.69 Å². The van der Waals surface area contributed by atoms with E-state index in [1.807, 2.05) is 0 Å². The van der Waals surface area contributed by atoms with Gasteiger partial charge in [0.25, 0.3) is 0 Å². The molecule has 0 atom stereocenters. The van der Waals surface area contributed by atoms with Crippen LogP contribution in [-0.4, -0.2) is 4.57 Å². The second kappa shape index (κ2) is 4.72. The average molecular weight is 307 g/mol. The van der Waals surface area contributed by atoms with Gasteiger partial charge in [0.2, 0.25) is 0 Å². The molecule has 0 aliphatic heterocycles. The average Bonchev–Trinajstić information content (AvgIpc) is 3.21. The van der Waals surface area contributed by atoms with Crippen LogP contribution < -0.4 is 0 Å². The van der Waals surface area contributed by atoms with Crippen LogP contribution in [0.15, 0.2) is 90.7 Å². The molecule has 5 rings (SSSR count). The number of fused-ring (bicyclic) bond motifs is 4. The van der Waals surface area contributed by atoms with Crippen LogP contribution in [0.5, 0.6) is 0 Å². The third-order valence-electron chi connectivity index (χ3n) is 3.60. The summed E-state index contributed by atoms with van der Waals surface area (Å²) in [6.45, 7) is 0. The number of benzene rings is 4. The Kier molecular flexibility index (Phi) is 1.02. The maximum atomic E-state index is 8.71. The van der Waals surface area contributed by atoms with Crippen molar-refractivity contribution in [2.75, 3.05) is 0 Å². The molecule has 0 amide bonds. The number of nitrogens with zero attached hydrogens (tertiary/aromatic N) is 1. The molecule has 0 aliphatic carbocycles. The van der Waals surface area contributed by atoms with Crippen LogP contribution in [-0.2, 0) is 0 Å². The summed E-state index contributed by atoms with van der Waals surface area (Å²) in [5.74, 6) is 0. The lowest BCUT2D eigenvalue weighted by atomic mass is 10.1. The van der Waals surface area contributed by atoms with Crippen LogP contribution in [0.4, 0.5) is 0 Å². The second-order valence-electron chi connectivity index (χ2n) is 4.81. The molecule has 1 heterocycles. The van der Waals surface area contributed by atoms with E-state index >= 15 is 0 Å². The maximum absolute atomic E-state index is 8.71. The van der Waals surface area contributed by atoms with E-state index in [0.29, 0.717) is 0 Å². The third-order valence-corrected chi connectivity index (χ3v) is 3.60. The number of rotatable bonds is 1. The van der Waals surface area contributed by atoms with Gasteiger partial charge in [-0.25, -0.2) is 0 Å². The van der Waals surface area contributed by atoms with Crippen molar-refractivity contribution in [1.29, 1.82) is 0 Å². The number of hydrogen-bond donors (Lipinski definition) is 0. The van der Waals surface area contributed by atoms with Crippen LogP contribution in [0.1, 0.15) is 19.2 Å². The minimum absolute atomic E-state index is 0.113.